The highest BCUT2D eigenvalue weighted by atomic mass is 19.1. The maximum absolute atomic E-state index is 13.3. The molecule has 1 nitrogen and oxygen atoms in total. The molecule has 0 saturated heterocycles. The largest absolute Gasteiger partial charge is 0.294 e. The molecule has 0 aliphatic heterocycles. The number of Topliss-reactive ketones (excluding diaryl/α,β-unsaturated/α-hetero) is 1. The van der Waals surface area contributed by atoms with Gasteiger partial charge in [0.25, 0.3) is 0 Å². The lowest BCUT2D eigenvalue weighted by molar-refractivity contribution is 0.0943. The van der Waals surface area contributed by atoms with Gasteiger partial charge in [-0.2, -0.15) is 0 Å². The second-order valence-corrected chi connectivity index (χ2v) is 3.73. The zero-order chi connectivity index (χ0) is 11.1. The van der Waals surface area contributed by atoms with Crippen molar-refractivity contribution in [1.29, 1.82) is 0 Å². The first-order valence-corrected chi connectivity index (χ1v) is 5.46. The zero-order valence-electron chi connectivity index (χ0n) is 9.08. The topological polar surface area (TPSA) is 17.1 Å². The smallest absolute Gasteiger partial charge is 0.165 e. The van der Waals surface area contributed by atoms with Gasteiger partial charge >= 0.3 is 0 Å². The van der Waals surface area contributed by atoms with Gasteiger partial charge < -0.3 is 0 Å². The van der Waals surface area contributed by atoms with Crippen LogP contribution in [0.25, 0.3) is 0 Å². The van der Waals surface area contributed by atoms with Crippen LogP contribution in [0.4, 0.5) is 4.39 Å². The number of hydrogen-bond acceptors (Lipinski definition) is 1. The van der Waals surface area contributed by atoms with Crippen molar-refractivity contribution in [2.75, 3.05) is 0 Å². The highest BCUT2D eigenvalue weighted by molar-refractivity contribution is 5.96. The van der Waals surface area contributed by atoms with Gasteiger partial charge in [0.05, 0.1) is 0 Å². The van der Waals surface area contributed by atoms with Crippen LogP contribution >= 0.6 is 0 Å². The lowest BCUT2D eigenvalue weighted by atomic mass is 10.0. The molecule has 0 aromatic heterocycles. The Bertz CT molecular complexity index is 295. The molecule has 2 heteroatoms. The van der Waals surface area contributed by atoms with E-state index >= 15 is 0 Å². The van der Waals surface area contributed by atoms with Crippen molar-refractivity contribution in [1.82, 2.24) is 0 Å². The van der Waals surface area contributed by atoms with Gasteiger partial charge in [-0.25, -0.2) is 4.39 Å². The summed E-state index contributed by atoms with van der Waals surface area (Å²) in [6.07, 6.45) is 1.35. The average Bonchev–Trinajstić information content (AvgIpc) is 2.27. The minimum Gasteiger partial charge on any atom is -0.294 e. The summed E-state index contributed by atoms with van der Waals surface area (Å²) in [7, 11) is 0. The molecule has 0 amide bonds. The summed E-state index contributed by atoms with van der Waals surface area (Å²) < 4.78 is 13.3. The molecule has 0 aliphatic carbocycles. The van der Waals surface area contributed by atoms with Gasteiger partial charge in [0.1, 0.15) is 6.17 Å². The second-order valence-electron chi connectivity index (χ2n) is 3.73. The third-order valence-corrected chi connectivity index (χ3v) is 2.37. The van der Waals surface area contributed by atoms with E-state index in [1.54, 1.807) is 24.3 Å². The van der Waals surface area contributed by atoms with Gasteiger partial charge in [-0.3, -0.25) is 4.79 Å². The van der Waals surface area contributed by atoms with Crippen molar-refractivity contribution >= 4 is 5.78 Å². The second kappa shape index (κ2) is 6.33. The molecule has 1 atom stereocenters. The fourth-order valence-corrected chi connectivity index (χ4v) is 1.47. The number of ketones is 1. The summed E-state index contributed by atoms with van der Waals surface area (Å²) in [6, 6.07) is 8.91. The Labute approximate surface area is 90.3 Å². The Kier molecular flexibility index (Phi) is 5.02. The van der Waals surface area contributed by atoms with E-state index in [1.807, 2.05) is 13.0 Å². The van der Waals surface area contributed by atoms with E-state index in [1.165, 1.54) is 0 Å². The van der Waals surface area contributed by atoms with Gasteiger partial charge in [-0.15, -0.1) is 0 Å². The Morgan fingerprint density at radius 2 is 2.00 bits per heavy atom. The number of rotatable bonds is 6. The SMILES string of the molecule is CCCCC(F)CC(=O)c1ccccc1. The van der Waals surface area contributed by atoms with Gasteiger partial charge in [0.2, 0.25) is 0 Å². The normalized spacial score (nSPS) is 12.4. The first kappa shape index (κ1) is 11.9. The lowest BCUT2D eigenvalue weighted by Gasteiger charge is -2.06. The predicted octanol–water partition coefficient (Wildman–Crippen LogP) is 3.79. The van der Waals surface area contributed by atoms with Gasteiger partial charge in [-0.05, 0) is 6.42 Å². The molecule has 0 heterocycles. The minimum absolute atomic E-state index is 0.0179. The van der Waals surface area contributed by atoms with Crippen molar-refractivity contribution in [2.24, 2.45) is 0 Å². The van der Waals surface area contributed by atoms with Crippen LogP contribution in [0, 0.1) is 0 Å². The van der Waals surface area contributed by atoms with Gasteiger partial charge in [-0.1, -0.05) is 50.1 Å². The number of hydrogen-bond donors (Lipinski definition) is 0. The molecular weight excluding hydrogens is 191 g/mol. The number of halogens is 1. The van der Waals surface area contributed by atoms with Crippen molar-refractivity contribution in [3.8, 4) is 0 Å². The Morgan fingerprint density at radius 1 is 1.33 bits per heavy atom. The maximum Gasteiger partial charge on any atom is 0.165 e. The lowest BCUT2D eigenvalue weighted by Crippen LogP contribution is -2.09. The Hall–Kier alpha value is -1.18. The van der Waals surface area contributed by atoms with Crippen LogP contribution < -0.4 is 0 Å². The number of carbonyl (C=O) groups is 1. The summed E-state index contributed by atoms with van der Waals surface area (Å²) in [5.74, 6) is -0.0980. The summed E-state index contributed by atoms with van der Waals surface area (Å²) in [5.41, 5.74) is 0.608. The van der Waals surface area contributed by atoms with Crippen LogP contribution in [0.1, 0.15) is 43.0 Å². The van der Waals surface area contributed by atoms with Gasteiger partial charge in [0.15, 0.2) is 5.78 Å². The molecule has 0 radical (unpaired) electrons. The molecule has 0 bridgehead atoms. The van der Waals surface area contributed by atoms with Crippen LogP contribution in [0.15, 0.2) is 30.3 Å². The summed E-state index contributed by atoms with van der Waals surface area (Å²) >= 11 is 0. The highest BCUT2D eigenvalue weighted by Gasteiger charge is 2.13. The molecule has 82 valence electrons. The van der Waals surface area contributed by atoms with Crippen LogP contribution in [0.2, 0.25) is 0 Å². The minimum atomic E-state index is -0.988. The van der Waals surface area contributed by atoms with E-state index in [9.17, 15) is 9.18 Å². The third-order valence-electron chi connectivity index (χ3n) is 2.37. The fourth-order valence-electron chi connectivity index (χ4n) is 1.47. The number of benzene rings is 1. The molecule has 0 saturated carbocycles. The van der Waals surface area contributed by atoms with E-state index in [2.05, 4.69) is 0 Å². The van der Waals surface area contributed by atoms with Crippen LogP contribution in [-0.2, 0) is 0 Å². The molecule has 15 heavy (non-hydrogen) atoms. The molecule has 1 unspecified atom stereocenters. The molecular formula is C13H17FO. The van der Waals surface area contributed by atoms with Crippen molar-refractivity contribution in [2.45, 2.75) is 38.8 Å². The fraction of sp³-hybridized carbons (Fsp3) is 0.462. The number of unbranched alkanes of at least 4 members (excludes halogenated alkanes) is 1. The summed E-state index contributed by atoms with van der Waals surface area (Å²) in [6.45, 7) is 2.02. The first-order chi connectivity index (χ1) is 7.24. The molecule has 0 N–H and O–H groups in total. The third kappa shape index (κ3) is 4.24. The number of alkyl halides is 1. The van der Waals surface area contributed by atoms with Crippen LogP contribution in [-0.4, -0.2) is 12.0 Å². The average molecular weight is 208 g/mol. The van der Waals surface area contributed by atoms with Crippen molar-refractivity contribution < 1.29 is 9.18 Å². The molecule has 0 spiro atoms. The van der Waals surface area contributed by atoms with E-state index in [0.29, 0.717) is 12.0 Å². The van der Waals surface area contributed by atoms with Gasteiger partial charge in [0, 0.05) is 12.0 Å². The predicted molar refractivity (Wildman–Crippen MR) is 59.8 cm³/mol. The maximum atomic E-state index is 13.3. The van der Waals surface area contributed by atoms with E-state index in [0.717, 1.165) is 12.8 Å². The standard InChI is InChI=1S/C13H17FO/c1-2-3-9-12(14)10-13(15)11-7-5-4-6-8-11/h4-8,12H,2-3,9-10H2,1H3. The monoisotopic (exact) mass is 208 g/mol. The summed E-state index contributed by atoms with van der Waals surface area (Å²) in [4.78, 5) is 11.6. The Balaban J connectivity index is 2.42. The van der Waals surface area contributed by atoms with Crippen LogP contribution in [0.3, 0.4) is 0 Å². The quantitative estimate of drug-likeness (QED) is 0.650. The van der Waals surface area contributed by atoms with E-state index in [-0.39, 0.29) is 12.2 Å². The molecule has 1 aromatic carbocycles. The Morgan fingerprint density at radius 3 is 2.60 bits per heavy atom. The van der Waals surface area contributed by atoms with Crippen molar-refractivity contribution in [3.05, 3.63) is 35.9 Å². The summed E-state index contributed by atoms with van der Waals surface area (Å²) in [5, 5.41) is 0. The highest BCUT2D eigenvalue weighted by Crippen LogP contribution is 2.12. The van der Waals surface area contributed by atoms with Crippen molar-refractivity contribution in [3.63, 3.8) is 0 Å². The molecule has 1 aromatic rings. The molecule has 0 aliphatic rings. The van der Waals surface area contributed by atoms with Crippen LogP contribution in [0.5, 0.6) is 0 Å². The zero-order valence-corrected chi connectivity index (χ0v) is 9.08. The molecule has 1 rings (SSSR count). The van der Waals surface area contributed by atoms with E-state index < -0.39 is 6.17 Å². The molecule has 0 fully saturated rings. The first-order valence-electron chi connectivity index (χ1n) is 5.46. The van der Waals surface area contributed by atoms with E-state index in [4.69, 9.17) is 0 Å². The number of carbonyl (C=O) groups excluding carboxylic acids is 1.